The van der Waals surface area contributed by atoms with Gasteiger partial charge in [0.25, 0.3) is 5.91 Å². The fraction of sp³-hybridized carbons (Fsp3) is 0.556. The number of piperazine rings is 1. The lowest BCUT2D eigenvalue weighted by Gasteiger charge is -2.41. The van der Waals surface area contributed by atoms with Gasteiger partial charge in [-0.2, -0.15) is 0 Å². The Morgan fingerprint density at radius 2 is 1.43 bits per heavy atom. The number of carbonyl (C=O) groups is 2. The minimum absolute atomic E-state index is 0.0397. The summed E-state index contributed by atoms with van der Waals surface area (Å²) < 4.78 is 0. The molecule has 1 aromatic rings. The first-order chi connectivity index (χ1) is 11.1. The topological polar surface area (TPSA) is 66.6 Å². The number of carbonyl (C=O) groups excluding carboxylic acids is 2. The standard InChI is InChI=1S/C18H25N3O2/c19-18(9-5-2-6-10-18)17(23)21-13-11-20(12-14-21)16(22)15-7-3-1-4-8-15/h1,3-4,7-8H,2,5-6,9-14,19H2. The molecule has 0 radical (unpaired) electrons. The van der Waals surface area contributed by atoms with Crippen molar-refractivity contribution >= 4 is 11.8 Å². The maximum absolute atomic E-state index is 12.7. The molecule has 0 atom stereocenters. The summed E-state index contributed by atoms with van der Waals surface area (Å²) in [6.45, 7) is 2.32. The van der Waals surface area contributed by atoms with E-state index in [0.717, 1.165) is 25.7 Å². The molecule has 5 heteroatoms. The van der Waals surface area contributed by atoms with Gasteiger partial charge in [0.2, 0.25) is 5.91 Å². The number of benzene rings is 1. The van der Waals surface area contributed by atoms with Gasteiger partial charge in [-0.3, -0.25) is 9.59 Å². The Morgan fingerprint density at radius 1 is 0.870 bits per heavy atom. The van der Waals surface area contributed by atoms with Crippen LogP contribution in [0, 0.1) is 0 Å². The summed E-state index contributed by atoms with van der Waals surface area (Å²) in [5, 5.41) is 0. The SMILES string of the molecule is NC1(C(=O)N2CCN(C(=O)c3ccccc3)CC2)CCCCC1. The molecular formula is C18H25N3O2. The Kier molecular flexibility index (Phi) is 4.66. The highest BCUT2D eigenvalue weighted by molar-refractivity contribution is 5.94. The molecule has 5 nitrogen and oxygen atoms in total. The van der Waals surface area contributed by atoms with Gasteiger partial charge in [0.05, 0.1) is 5.54 Å². The van der Waals surface area contributed by atoms with Crippen LogP contribution in [0.5, 0.6) is 0 Å². The summed E-state index contributed by atoms with van der Waals surface area (Å²) in [6, 6.07) is 9.30. The average Bonchev–Trinajstić information content (AvgIpc) is 2.62. The third kappa shape index (κ3) is 3.39. The predicted molar refractivity (Wildman–Crippen MR) is 88.9 cm³/mol. The third-order valence-corrected chi connectivity index (χ3v) is 5.05. The van der Waals surface area contributed by atoms with Crippen molar-refractivity contribution in [3.05, 3.63) is 35.9 Å². The van der Waals surface area contributed by atoms with Crippen LogP contribution in [0.4, 0.5) is 0 Å². The van der Waals surface area contributed by atoms with Crippen LogP contribution in [0.1, 0.15) is 42.5 Å². The van der Waals surface area contributed by atoms with E-state index in [0.29, 0.717) is 31.7 Å². The Labute approximate surface area is 137 Å². The molecular weight excluding hydrogens is 290 g/mol. The van der Waals surface area contributed by atoms with Crippen molar-refractivity contribution in [3.63, 3.8) is 0 Å². The van der Waals surface area contributed by atoms with E-state index in [9.17, 15) is 9.59 Å². The van der Waals surface area contributed by atoms with E-state index in [1.54, 1.807) is 0 Å². The highest BCUT2D eigenvalue weighted by Gasteiger charge is 2.39. The number of hydrogen-bond acceptors (Lipinski definition) is 3. The van der Waals surface area contributed by atoms with Crippen LogP contribution >= 0.6 is 0 Å². The summed E-state index contributed by atoms with van der Waals surface area (Å²) >= 11 is 0. The zero-order chi connectivity index (χ0) is 16.3. The van der Waals surface area contributed by atoms with E-state index in [1.807, 2.05) is 40.1 Å². The molecule has 0 aromatic heterocycles. The lowest BCUT2D eigenvalue weighted by Crippen LogP contribution is -2.60. The smallest absolute Gasteiger partial charge is 0.253 e. The highest BCUT2D eigenvalue weighted by atomic mass is 16.2. The van der Waals surface area contributed by atoms with Gasteiger partial charge in [0, 0.05) is 31.7 Å². The maximum atomic E-state index is 12.7. The molecule has 1 saturated heterocycles. The van der Waals surface area contributed by atoms with Gasteiger partial charge in [-0.25, -0.2) is 0 Å². The summed E-state index contributed by atoms with van der Waals surface area (Å²) in [6.07, 6.45) is 4.82. The maximum Gasteiger partial charge on any atom is 0.253 e. The number of rotatable bonds is 2. The van der Waals surface area contributed by atoms with Crippen LogP contribution in [-0.2, 0) is 4.79 Å². The van der Waals surface area contributed by atoms with Crippen molar-refractivity contribution < 1.29 is 9.59 Å². The lowest BCUT2D eigenvalue weighted by molar-refractivity contribution is -0.139. The molecule has 2 aliphatic rings. The second-order valence-electron chi connectivity index (χ2n) is 6.67. The second kappa shape index (κ2) is 6.71. The van der Waals surface area contributed by atoms with Crippen molar-refractivity contribution in [1.82, 2.24) is 9.80 Å². The fourth-order valence-corrected chi connectivity index (χ4v) is 3.59. The minimum atomic E-state index is -0.677. The van der Waals surface area contributed by atoms with Crippen molar-refractivity contribution in [3.8, 4) is 0 Å². The molecule has 1 aromatic carbocycles. The van der Waals surface area contributed by atoms with Gasteiger partial charge in [-0.05, 0) is 25.0 Å². The van der Waals surface area contributed by atoms with E-state index in [-0.39, 0.29) is 11.8 Å². The largest absolute Gasteiger partial charge is 0.338 e. The predicted octanol–water partition coefficient (Wildman–Crippen LogP) is 1.63. The van der Waals surface area contributed by atoms with Crippen LogP contribution in [0.15, 0.2) is 30.3 Å². The first-order valence-corrected chi connectivity index (χ1v) is 8.53. The first kappa shape index (κ1) is 16.0. The molecule has 23 heavy (non-hydrogen) atoms. The van der Waals surface area contributed by atoms with Crippen molar-refractivity contribution in [1.29, 1.82) is 0 Å². The number of nitrogens with zero attached hydrogens (tertiary/aromatic N) is 2. The van der Waals surface area contributed by atoms with Crippen LogP contribution < -0.4 is 5.73 Å². The molecule has 1 heterocycles. The Bertz CT molecular complexity index is 559. The number of amides is 2. The minimum Gasteiger partial charge on any atom is -0.338 e. The molecule has 2 N–H and O–H groups in total. The van der Waals surface area contributed by atoms with E-state index < -0.39 is 5.54 Å². The van der Waals surface area contributed by atoms with Gasteiger partial charge < -0.3 is 15.5 Å². The van der Waals surface area contributed by atoms with Crippen molar-refractivity contribution in [2.45, 2.75) is 37.6 Å². The Balaban J connectivity index is 1.58. The molecule has 1 aliphatic heterocycles. The normalized spacial score (nSPS) is 21.1. The van der Waals surface area contributed by atoms with Gasteiger partial charge in [0.15, 0.2) is 0 Å². The molecule has 0 bridgehead atoms. The van der Waals surface area contributed by atoms with Gasteiger partial charge >= 0.3 is 0 Å². The average molecular weight is 315 g/mol. The van der Waals surface area contributed by atoms with Crippen LogP contribution in [-0.4, -0.2) is 53.3 Å². The van der Waals surface area contributed by atoms with Crippen molar-refractivity contribution in [2.75, 3.05) is 26.2 Å². The Morgan fingerprint density at radius 3 is 2.04 bits per heavy atom. The molecule has 2 amide bonds. The van der Waals surface area contributed by atoms with E-state index >= 15 is 0 Å². The summed E-state index contributed by atoms with van der Waals surface area (Å²) in [7, 11) is 0. The van der Waals surface area contributed by atoms with Gasteiger partial charge in [-0.15, -0.1) is 0 Å². The first-order valence-electron chi connectivity index (χ1n) is 8.53. The highest BCUT2D eigenvalue weighted by Crippen LogP contribution is 2.28. The summed E-state index contributed by atoms with van der Waals surface area (Å²) in [5.74, 6) is 0.113. The lowest BCUT2D eigenvalue weighted by atomic mass is 9.81. The van der Waals surface area contributed by atoms with Gasteiger partial charge in [-0.1, -0.05) is 37.5 Å². The van der Waals surface area contributed by atoms with E-state index in [4.69, 9.17) is 5.73 Å². The molecule has 124 valence electrons. The van der Waals surface area contributed by atoms with Crippen LogP contribution in [0.2, 0.25) is 0 Å². The molecule has 0 spiro atoms. The van der Waals surface area contributed by atoms with E-state index in [2.05, 4.69) is 0 Å². The van der Waals surface area contributed by atoms with Gasteiger partial charge in [0.1, 0.15) is 0 Å². The molecule has 2 fully saturated rings. The second-order valence-corrected chi connectivity index (χ2v) is 6.67. The molecule has 3 rings (SSSR count). The fourth-order valence-electron chi connectivity index (χ4n) is 3.59. The number of hydrogen-bond donors (Lipinski definition) is 1. The summed E-state index contributed by atoms with van der Waals surface area (Å²) in [5.41, 5.74) is 6.37. The zero-order valence-electron chi connectivity index (χ0n) is 13.5. The van der Waals surface area contributed by atoms with E-state index in [1.165, 1.54) is 6.42 Å². The quantitative estimate of drug-likeness (QED) is 0.902. The third-order valence-electron chi connectivity index (χ3n) is 5.05. The summed E-state index contributed by atoms with van der Waals surface area (Å²) in [4.78, 5) is 28.8. The monoisotopic (exact) mass is 315 g/mol. The molecule has 1 saturated carbocycles. The molecule has 0 unspecified atom stereocenters. The zero-order valence-corrected chi connectivity index (χ0v) is 13.5. The van der Waals surface area contributed by atoms with Crippen molar-refractivity contribution in [2.24, 2.45) is 5.73 Å². The molecule has 1 aliphatic carbocycles. The van der Waals surface area contributed by atoms with Crippen LogP contribution in [0.25, 0.3) is 0 Å². The number of nitrogens with two attached hydrogens (primary N) is 1. The Hall–Kier alpha value is -1.88. The van der Waals surface area contributed by atoms with Crippen LogP contribution in [0.3, 0.4) is 0 Å².